The summed E-state index contributed by atoms with van der Waals surface area (Å²) in [5.41, 5.74) is 3.37. The smallest absolute Gasteiger partial charge is 0.319 e. The zero-order valence-corrected chi connectivity index (χ0v) is 13.7. The van der Waals surface area contributed by atoms with Gasteiger partial charge < -0.3 is 10.6 Å². The lowest BCUT2D eigenvalue weighted by atomic mass is 10.2. The minimum atomic E-state index is -0.304. The molecule has 0 spiro atoms. The van der Waals surface area contributed by atoms with Crippen molar-refractivity contribution in [1.29, 1.82) is 0 Å². The summed E-state index contributed by atoms with van der Waals surface area (Å²) in [5.74, 6) is 0. The van der Waals surface area contributed by atoms with Crippen LogP contribution in [0.25, 0.3) is 5.69 Å². The summed E-state index contributed by atoms with van der Waals surface area (Å²) >= 11 is 5.92. The molecule has 0 aliphatic carbocycles. The van der Waals surface area contributed by atoms with Crippen molar-refractivity contribution in [3.63, 3.8) is 0 Å². The minimum Gasteiger partial charge on any atom is -0.334 e. The fourth-order valence-electron chi connectivity index (χ4n) is 2.21. The molecule has 122 valence electrons. The first-order valence-electron chi connectivity index (χ1n) is 7.25. The normalized spacial score (nSPS) is 10.4. The molecular formula is C16H15ClN6O. The van der Waals surface area contributed by atoms with Crippen molar-refractivity contribution in [3.8, 4) is 5.69 Å². The number of rotatable bonds is 4. The molecule has 0 radical (unpaired) electrons. The van der Waals surface area contributed by atoms with Gasteiger partial charge in [0.1, 0.15) is 6.33 Å². The van der Waals surface area contributed by atoms with E-state index in [2.05, 4.69) is 26.2 Å². The average Bonchev–Trinajstić information content (AvgIpc) is 3.09. The number of amides is 2. The monoisotopic (exact) mass is 342 g/mol. The third kappa shape index (κ3) is 3.88. The van der Waals surface area contributed by atoms with E-state index in [9.17, 15) is 4.79 Å². The minimum absolute atomic E-state index is 0.304. The molecule has 0 unspecified atom stereocenters. The van der Waals surface area contributed by atoms with Gasteiger partial charge in [0, 0.05) is 17.3 Å². The first kappa shape index (κ1) is 15.9. The molecule has 0 bridgehead atoms. The quantitative estimate of drug-likeness (QED) is 0.763. The second kappa shape index (κ2) is 7.10. The number of hydrogen-bond donors (Lipinski definition) is 2. The predicted octanol–water partition coefficient (Wildman–Crippen LogP) is 2.95. The Morgan fingerprint density at radius 3 is 2.88 bits per heavy atom. The van der Waals surface area contributed by atoms with Crippen molar-refractivity contribution >= 4 is 23.3 Å². The summed E-state index contributed by atoms with van der Waals surface area (Å²) in [6.07, 6.45) is 1.51. The average molecular weight is 343 g/mol. The number of halogens is 1. The number of nitrogens with one attached hydrogen (secondary N) is 2. The van der Waals surface area contributed by atoms with Gasteiger partial charge in [-0.2, -0.15) is 0 Å². The third-order valence-electron chi connectivity index (χ3n) is 3.40. The van der Waals surface area contributed by atoms with Crippen LogP contribution in [-0.2, 0) is 6.54 Å². The molecule has 2 N–H and O–H groups in total. The summed E-state index contributed by atoms with van der Waals surface area (Å²) < 4.78 is 1.55. The van der Waals surface area contributed by atoms with Crippen LogP contribution in [0.4, 0.5) is 10.5 Å². The highest BCUT2D eigenvalue weighted by atomic mass is 35.5. The van der Waals surface area contributed by atoms with Gasteiger partial charge >= 0.3 is 6.03 Å². The largest absolute Gasteiger partial charge is 0.334 e. The van der Waals surface area contributed by atoms with Crippen LogP contribution in [0, 0.1) is 6.92 Å². The van der Waals surface area contributed by atoms with Gasteiger partial charge in [-0.1, -0.05) is 29.8 Å². The van der Waals surface area contributed by atoms with E-state index in [1.165, 1.54) is 6.33 Å². The van der Waals surface area contributed by atoms with Crippen molar-refractivity contribution in [2.75, 3.05) is 5.32 Å². The zero-order valence-electron chi connectivity index (χ0n) is 12.9. The number of nitrogens with zero attached hydrogens (tertiary/aromatic N) is 4. The molecule has 8 heteroatoms. The first-order chi connectivity index (χ1) is 11.6. The number of carbonyl (C=O) groups excluding carboxylic acids is 1. The summed E-state index contributed by atoms with van der Waals surface area (Å²) in [4.78, 5) is 12.1. The Labute approximate surface area is 143 Å². The van der Waals surface area contributed by atoms with Crippen molar-refractivity contribution in [2.24, 2.45) is 0 Å². The van der Waals surface area contributed by atoms with E-state index in [-0.39, 0.29) is 6.03 Å². The lowest BCUT2D eigenvalue weighted by Crippen LogP contribution is -2.28. The fourth-order valence-corrected chi connectivity index (χ4v) is 2.42. The maximum absolute atomic E-state index is 12.1. The van der Waals surface area contributed by atoms with Gasteiger partial charge in [0.15, 0.2) is 0 Å². The predicted molar refractivity (Wildman–Crippen MR) is 91.2 cm³/mol. The first-order valence-corrected chi connectivity index (χ1v) is 7.63. The van der Waals surface area contributed by atoms with Gasteiger partial charge in [0.2, 0.25) is 0 Å². The number of aryl methyl sites for hydroxylation is 1. The van der Waals surface area contributed by atoms with Crippen LogP contribution in [-0.4, -0.2) is 26.2 Å². The molecule has 0 saturated heterocycles. The van der Waals surface area contributed by atoms with Crippen LogP contribution in [0.15, 0.2) is 48.8 Å². The molecule has 1 aromatic heterocycles. The van der Waals surface area contributed by atoms with Crippen molar-refractivity contribution in [1.82, 2.24) is 25.5 Å². The van der Waals surface area contributed by atoms with Crippen LogP contribution in [0.2, 0.25) is 5.02 Å². The van der Waals surface area contributed by atoms with Crippen LogP contribution >= 0.6 is 11.6 Å². The van der Waals surface area contributed by atoms with Crippen molar-refractivity contribution in [2.45, 2.75) is 13.5 Å². The summed E-state index contributed by atoms with van der Waals surface area (Å²) in [6, 6.07) is 12.6. The Bertz CT molecular complexity index is 850. The van der Waals surface area contributed by atoms with Gasteiger partial charge in [-0.05, 0) is 52.7 Å². The SMILES string of the molecule is Cc1ccc(NC(=O)NCc2cccc(Cl)c2)cc1-n1cnnn1. The molecule has 0 saturated carbocycles. The molecule has 3 rings (SSSR count). The van der Waals surface area contributed by atoms with Gasteiger partial charge in [-0.3, -0.25) is 0 Å². The summed E-state index contributed by atoms with van der Waals surface area (Å²) in [6.45, 7) is 2.33. The topological polar surface area (TPSA) is 84.7 Å². The Morgan fingerprint density at radius 1 is 1.25 bits per heavy atom. The summed E-state index contributed by atoms with van der Waals surface area (Å²) in [7, 11) is 0. The molecule has 1 heterocycles. The van der Waals surface area contributed by atoms with E-state index in [0.717, 1.165) is 16.8 Å². The molecular weight excluding hydrogens is 328 g/mol. The molecule has 0 atom stereocenters. The standard InChI is InChI=1S/C16H15ClN6O/c1-11-5-6-14(8-15(11)23-10-19-21-22-23)20-16(24)18-9-12-3-2-4-13(17)7-12/h2-8,10H,9H2,1H3,(H2,18,20,24). The molecule has 2 aromatic carbocycles. The van der Waals surface area contributed by atoms with Crippen molar-refractivity contribution in [3.05, 3.63) is 64.9 Å². The Kier molecular flexibility index (Phi) is 4.72. The number of benzene rings is 2. The van der Waals surface area contributed by atoms with Crippen LogP contribution < -0.4 is 10.6 Å². The molecule has 24 heavy (non-hydrogen) atoms. The van der Waals surface area contributed by atoms with E-state index in [0.29, 0.717) is 17.3 Å². The lowest BCUT2D eigenvalue weighted by molar-refractivity contribution is 0.251. The number of tetrazole rings is 1. The van der Waals surface area contributed by atoms with E-state index in [4.69, 9.17) is 11.6 Å². The van der Waals surface area contributed by atoms with Crippen LogP contribution in [0.3, 0.4) is 0 Å². The number of carbonyl (C=O) groups is 1. The number of urea groups is 1. The van der Waals surface area contributed by atoms with Gasteiger partial charge in [-0.15, -0.1) is 5.10 Å². The molecule has 0 aliphatic rings. The van der Waals surface area contributed by atoms with E-state index in [1.54, 1.807) is 10.7 Å². The van der Waals surface area contributed by atoms with Gasteiger partial charge in [0.05, 0.1) is 5.69 Å². The highest BCUT2D eigenvalue weighted by Gasteiger charge is 2.07. The maximum Gasteiger partial charge on any atom is 0.319 e. The van der Waals surface area contributed by atoms with E-state index in [1.807, 2.05) is 43.3 Å². The lowest BCUT2D eigenvalue weighted by Gasteiger charge is -2.10. The highest BCUT2D eigenvalue weighted by molar-refractivity contribution is 6.30. The second-order valence-corrected chi connectivity index (χ2v) is 5.63. The highest BCUT2D eigenvalue weighted by Crippen LogP contribution is 2.18. The summed E-state index contributed by atoms with van der Waals surface area (Å²) in [5, 5.41) is 17.3. The maximum atomic E-state index is 12.1. The Balaban J connectivity index is 1.65. The number of aromatic nitrogens is 4. The van der Waals surface area contributed by atoms with Crippen molar-refractivity contribution < 1.29 is 4.79 Å². The Morgan fingerprint density at radius 2 is 2.12 bits per heavy atom. The molecule has 0 aliphatic heterocycles. The van der Waals surface area contributed by atoms with Crippen LogP contribution in [0.5, 0.6) is 0 Å². The number of hydrogen-bond acceptors (Lipinski definition) is 4. The zero-order chi connectivity index (χ0) is 16.9. The second-order valence-electron chi connectivity index (χ2n) is 5.19. The molecule has 7 nitrogen and oxygen atoms in total. The molecule has 0 fully saturated rings. The fraction of sp³-hybridized carbons (Fsp3) is 0.125. The van der Waals surface area contributed by atoms with Gasteiger partial charge in [0.25, 0.3) is 0 Å². The van der Waals surface area contributed by atoms with E-state index < -0.39 is 0 Å². The van der Waals surface area contributed by atoms with E-state index >= 15 is 0 Å². The van der Waals surface area contributed by atoms with Crippen LogP contribution in [0.1, 0.15) is 11.1 Å². The van der Waals surface area contributed by atoms with Gasteiger partial charge in [-0.25, -0.2) is 9.48 Å². The molecule has 2 amide bonds. The molecule has 3 aromatic rings. The third-order valence-corrected chi connectivity index (χ3v) is 3.64. The Hall–Kier alpha value is -2.93. The number of anilines is 1.